The van der Waals surface area contributed by atoms with Crippen LogP contribution in [0.1, 0.15) is 20.3 Å². The number of carbonyl (C=O) groups excluding carboxylic acids is 2. The van der Waals surface area contributed by atoms with Crippen LogP contribution in [-0.2, 0) is 19.1 Å². The van der Waals surface area contributed by atoms with Crippen molar-refractivity contribution in [2.45, 2.75) is 32.5 Å². The minimum Gasteiger partial charge on any atom is -0.460 e. The van der Waals surface area contributed by atoms with Gasteiger partial charge in [0.2, 0.25) is 6.10 Å². The first kappa shape index (κ1) is 8.04. The van der Waals surface area contributed by atoms with Gasteiger partial charge in [0.05, 0.1) is 0 Å². The Balaban J connectivity index is 2.47. The second kappa shape index (κ2) is 2.90. The lowest BCUT2D eigenvalue weighted by molar-refractivity contribution is -0.159. The van der Waals surface area contributed by atoms with E-state index in [4.69, 9.17) is 4.74 Å². The number of rotatable bonds is 1. The van der Waals surface area contributed by atoms with Crippen LogP contribution >= 0.6 is 0 Å². The highest BCUT2D eigenvalue weighted by Gasteiger charge is 2.34. The van der Waals surface area contributed by atoms with E-state index in [1.54, 1.807) is 6.92 Å². The van der Waals surface area contributed by atoms with Crippen molar-refractivity contribution < 1.29 is 19.1 Å². The van der Waals surface area contributed by atoms with Gasteiger partial charge in [-0.25, -0.2) is 4.79 Å². The van der Waals surface area contributed by atoms with Gasteiger partial charge < -0.3 is 9.47 Å². The smallest absolute Gasteiger partial charge is 0.347 e. The van der Waals surface area contributed by atoms with Crippen LogP contribution in [0.25, 0.3) is 0 Å². The molecular weight excluding hydrogens is 148 g/mol. The van der Waals surface area contributed by atoms with E-state index in [0.717, 1.165) is 0 Å². The molecule has 0 radical (unpaired) electrons. The minimum atomic E-state index is -0.678. The van der Waals surface area contributed by atoms with Crippen LogP contribution in [0.15, 0.2) is 0 Å². The molecule has 0 spiro atoms. The Morgan fingerprint density at radius 3 is 2.73 bits per heavy atom. The Morgan fingerprint density at radius 1 is 1.73 bits per heavy atom. The molecule has 0 unspecified atom stereocenters. The molecule has 1 heterocycles. The summed E-state index contributed by atoms with van der Waals surface area (Å²) in [5, 5.41) is 0. The molecule has 0 aromatic carbocycles. The van der Waals surface area contributed by atoms with Gasteiger partial charge in [-0.15, -0.1) is 0 Å². The highest BCUT2D eigenvalue weighted by atomic mass is 16.6. The van der Waals surface area contributed by atoms with Gasteiger partial charge in [0.15, 0.2) is 0 Å². The Bertz CT molecular complexity index is 187. The van der Waals surface area contributed by atoms with Crippen molar-refractivity contribution >= 4 is 11.9 Å². The molecule has 0 saturated carbocycles. The molecule has 62 valence electrons. The summed E-state index contributed by atoms with van der Waals surface area (Å²) in [7, 11) is 0. The first-order chi connectivity index (χ1) is 5.09. The van der Waals surface area contributed by atoms with Crippen molar-refractivity contribution in [2.75, 3.05) is 0 Å². The van der Waals surface area contributed by atoms with Crippen LogP contribution in [-0.4, -0.2) is 24.1 Å². The summed E-state index contributed by atoms with van der Waals surface area (Å²) in [4.78, 5) is 21.2. The summed E-state index contributed by atoms with van der Waals surface area (Å²) in [5.74, 6) is -0.881. The van der Waals surface area contributed by atoms with Gasteiger partial charge in [0.25, 0.3) is 0 Å². The van der Waals surface area contributed by atoms with Gasteiger partial charge in [-0.1, -0.05) is 0 Å². The zero-order chi connectivity index (χ0) is 8.43. The molecular formula is C7H10O4. The third-order valence-corrected chi connectivity index (χ3v) is 1.43. The fourth-order valence-corrected chi connectivity index (χ4v) is 1.02. The van der Waals surface area contributed by atoms with Gasteiger partial charge in [0, 0.05) is 13.3 Å². The fourth-order valence-electron chi connectivity index (χ4n) is 1.02. The first-order valence-corrected chi connectivity index (χ1v) is 3.47. The Morgan fingerprint density at radius 2 is 2.36 bits per heavy atom. The van der Waals surface area contributed by atoms with Crippen molar-refractivity contribution in [3.8, 4) is 0 Å². The van der Waals surface area contributed by atoms with Crippen molar-refractivity contribution in [3.63, 3.8) is 0 Å². The number of hydrogen-bond acceptors (Lipinski definition) is 4. The second-order valence-electron chi connectivity index (χ2n) is 2.58. The van der Waals surface area contributed by atoms with E-state index in [9.17, 15) is 9.59 Å². The van der Waals surface area contributed by atoms with Crippen LogP contribution < -0.4 is 0 Å². The van der Waals surface area contributed by atoms with Gasteiger partial charge in [0.1, 0.15) is 6.10 Å². The summed E-state index contributed by atoms with van der Waals surface area (Å²) in [5.41, 5.74) is 0. The van der Waals surface area contributed by atoms with E-state index >= 15 is 0 Å². The fraction of sp³-hybridized carbons (Fsp3) is 0.714. The summed E-state index contributed by atoms with van der Waals surface area (Å²) in [6.07, 6.45) is -0.340. The normalized spacial score (nSPS) is 29.8. The van der Waals surface area contributed by atoms with E-state index in [2.05, 4.69) is 4.74 Å². The molecule has 1 aliphatic rings. The van der Waals surface area contributed by atoms with E-state index < -0.39 is 18.0 Å². The molecule has 1 rings (SSSR count). The minimum absolute atomic E-state index is 0.133. The van der Waals surface area contributed by atoms with Gasteiger partial charge in [-0.2, -0.15) is 0 Å². The molecule has 0 aliphatic carbocycles. The quantitative estimate of drug-likeness (QED) is 0.513. The van der Waals surface area contributed by atoms with E-state index in [0.29, 0.717) is 6.42 Å². The summed E-state index contributed by atoms with van der Waals surface area (Å²) >= 11 is 0. The number of ether oxygens (including phenoxy) is 2. The van der Waals surface area contributed by atoms with Gasteiger partial charge >= 0.3 is 11.9 Å². The lowest BCUT2D eigenvalue weighted by Gasteiger charge is -2.03. The number of cyclic esters (lactones) is 1. The molecule has 0 bridgehead atoms. The largest absolute Gasteiger partial charge is 0.460 e. The Hall–Kier alpha value is -1.06. The average molecular weight is 158 g/mol. The van der Waals surface area contributed by atoms with Crippen molar-refractivity contribution in [3.05, 3.63) is 0 Å². The lowest BCUT2D eigenvalue weighted by atomic mass is 10.2. The van der Waals surface area contributed by atoms with Crippen LogP contribution in [0.4, 0.5) is 0 Å². The molecule has 4 nitrogen and oxygen atoms in total. The highest BCUT2D eigenvalue weighted by molar-refractivity contribution is 5.80. The monoisotopic (exact) mass is 158 g/mol. The van der Waals surface area contributed by atoms with E-state index in [1.807, 2.05) is 0 Å². The van der Waals surface area contributed by atoms with E-state index in [1.165, 1.54) is 6.92 Å². The predicted octanol–water partition coefficient (Wildman–Crippen LogP) is 0.254. The van der Waals surface area contributed by atoms with Crippen molar-refractivity contribution in [1.29, 1.82) is 0 Å². The Labute approximate surface area is 64.5 Å². The third-order valence-electron chi connectivity index (χ3n) is 1.43. The lowest BCUT2D eigenvalue weighted by Crippen LogP contribution is -2.20. The maximum absolute atomic E-state index is 10.8. The molecule has 1 saturated heterocycles. The van der Waals surface area contributed by atoms with Crippen molar-refractivity contribution in [2.24, 2.45) is 0 Å². The summed E-state index contributed by atoms with van der Waals surface area (Å²) in [6.45, 7) is 3.04. The predicted molar refractivity (Wildman–Crippen MR) is 35.7 cm³/mol. The topological polar surface area (TPSA) is 52.6 Å². The molecule has 2 atom stereocenters. The van der Waals surface area contributed by atoms with Crippen LogP contribution in [0, 0.1) is 0 Å². The zero-order valence-electron chi connectivity index (χ0n) is 6.49. The summed E-state index contributed by atoms with van der Waals surface area (Å²) < 4.78 is 9.44. The summed E-state index contributed by atoms with van der Waals surface area (Å²) in [6, 6.07) is 0. The van der Waals surface area contributed by atoms with E-state index in [-0.39, 0.29) is 6.10 Å². The second-order valence-corrected chi connectivity index (χ2v) is 2.58. The highest BCUT2D eigenvalue weighted by Crippen LogP contribution is 2.16. The van der Waals surface area contributed by atoms with Gasteiger partial charge in [-0.05, 0) is 6.92 Å². The molecule has 11 heavy (non-hydrogen) atoms. The van der Waals surface area contributed by atoms with Crippen molar-refractivity contribution in [1.82, 2.24) is 0 Å². The molecule has 0 aromatic heterocycles. The molecule has 4 heteroatoms. The molecule has 1 aliphatic heterocycles. The van der Waals surface area contributed by atoms with Gasteiger partial charge in [-0.3, -0.25) is 4.79 Å². The van der Waals surface area contributed by atoms with Crippen LogP contribution in [0.3, 0.4) is 0 Å². The standard InChI is InChI=1S/C7H10O4/c1-4-3-6(7(9)10-4)11-5(2)8/h4,6H,3H2,1-2H3/t4-,6+/m1/s1. The maximum Gasteiger partial charge on any atom is 0.347 e. The van der Waals surface area contributed by atoms with Crippen LogP contribution in [0.5, 0.6) is 0 Å². The molecule has 0 aromatic rings. The third kappa shape index (κ3) is 1.93. The number of esters is 2. The van der Waals surface area contributed by atoms with Crippen LogP contribution in [0.2, 0.25) is 0 Å². The molecule has 0 amide bonds. The average Bonchev–Trinajstić information content (AvgIpc) is 2.09. The molecule has 0 N–H and O–H groups in total. The first-order valence-electron chi connectivity index (χ1n) is 3.47. The Kier molecular flexibility index (Phi) is 2.12. The zero-order valence-corrected chi connectivity index (χ0v) is 6.49. The number of hydrogen-bond donors (Lipinski definition) is 0. The number of carbonyl (C=O) groups is 2. The SMILES string of the molecule is CC(=O)O[C@H]1C[C@@H](C)OC1=O. The maximum atomic E-state index is 10.8. The molecule has 1 fully saturated rings.